The summed E-state index contributed by atoms with van der Waals surface area (Å²) < 4.78 is 5.28. The van der Waals surface area contributed by atoms with E-state index in [1.165, 1.54) is 0 Å². The second-order valence-corrected chi connectivity index (χ2v) is 4.72. The maximum Gasteiger partial charge on any atom is 0.259 e. The number of nitrogens with two attached hydrogens (primary N) is 1. The topological polar surface area (TPSA) is 81.4 Å². The number of primary amides is 1. The number of amides is 2. The van der Waals surface area contributed by atoms with E-state index in [1.54, 1.807) is 24.3 Å². The van der Waals surface area contributed by atoms with Crippen molar-refractivity contribution in [3.05, 3.63) is 59.7 Å². The van der Waals surface area contributed by atoms with E-state index in [2.05, 4.69) is 5.32 Å². The number of aryl methyl sites for hydroxylation is 1. The Hall–Kier alpha value is -2.82. The van der Waals surface area contributed by atoms with Crippen molar-refractivity contribution in [2.45, 2.75) is 13.3 Å². The Kier molecular flexibility index (Phi) is 5.14. The quantitative estimate of drug-likeness (QED) is 0.859. The van der Waals surface area contributed by atoms with Crippen LogP contribution in [0.1, 0.15) is 22.8 Å². The fourth-order valence-electron chi connectivity index (χ4n) is 2.07. The molecule has 5 nitrogen and oxygen atoms in total. The summed E-state index contributed by atoms with van der Waals surface area (Å²) >= 11 is 0. The van der Waals surface area contributed by atoms with Crippen LogP contribution in [-0.2, 0) is 11.2 Å². The molecule has 2 rings (SSSR count). The van der Waals surface area contributed by atoms with Gasteiger partial charge in [0.05, 0.1) is 5.56 Å². The zero-order valence-corrected chi connectivity index (χ0v) is 12.3. The maximum atomic E-state index is 12.4. The van der Waals surface area contributed by atoms with Gasteiger partial charge in [0.2, 0.25) is 0 Å². The molecule has 0 unspecified atom stereocenters. The van der Waals surface area contributed by atoms with Crippen molar-refractivity contribution in [3.63, 3.8) is 0 Å². The van der Waals surface area contributed by atoms with E-state index in [1.807, 2.05) is 31.2 Å². The van der Waals surface area contributed by atoms with Gasteiger partial charge in [-0.25, -0.2) is 0 Å². The predicted octanol–water partition coefficient (Wildman–Crippen LogP) is 2.37. The van der Waals surface area contributed by atoms with Crippen LogP contribution in [0.5, 0.6) is 5.75 Å². The van der Waals surface area contributed by atoms with Crippen LogP contribution in [0.3, 0.4) is 0 Å². The molecule has 22 heavy (non-hydrogen) atoms. The van der Waals surface area contributed by atoms with Crippen LogP contribution in [0, 0.1) is 0 Å². The van der Waals surface area contributed by atoms with Crippen LogP contribution in [0.15, 0.2) is 48.5 Å². The van der Waals surface area contributed by atoms with Gasteiger partial charge in [0, 0.05) is 5.69 Å². The lowest BCUT2D eigenvalue weighted by Gasteiger charge is -2.12. The van der Waals surface area contributed by atoms with Crippen LogP contribution < -0.4 is 15.8 Å². The van der Waals surface area contributed by atoms with Crippen molar-refractivity contribution < 1.29 is 14.3 Å². The molecule has 0 spiro atoms. The van der Waals surface area contributed by atoms with Gasteiger partial charge >= 0.3 is 0 Å². The van der Waals surface area contributed by atoms with Gasteiger partial charge in [-0.15, -0.1) is 0 Å². The lowest BCUT2D eigenvalue weighted by atomic mass is 10.1. The fourth-order valence-corrected chi connectivity index (χ4v) is 2.07. The number of nitrogens with one attached hydrogen (secondary N) is 1. The van der Waals surface area contributed by atoms with E-state index in [4.69, 9.17) is 10.5 Å². The second-order valence-electron chi connectivity index (χ2n) is 4.72. The van der Waals surface area contributed by atoms with Crippen molar-refractivity contribution in [2.75, 3.05) is 11.9 Å². The number of anilines is 1. The molecule has 2 aromatic carbocycles. The summed E-state index contributed by atoms with van der Waals surface area (Å²) in [6.45, 7) is 1.75. The zero-order valence-electron chi connectivity index (χ0n) is 12.3. The molecule has 0 aliphatic rings. The normalized spacial score (nSPS) is 10.0. The molecule has 2 amide bonds. The third-order valence-electron chi connectivity index (χ3n) is 3.15. The number of para-hydroxylation sites is 2. The molecular weight excluding hydrogens is 280 g/mol. The number of hydrogen-bond acceptors (Lipinski definition) is 3. The Morgan fingerprint density at radius 2 is 1.77 bits per heavy atom. The van der Waals surface area contributed by atoms with E-state index in [0.29, 0.717) is 11.3 Å². The first-order valence-corrected chi connectivity index (χ1v) is 7.01. The molecule has 0 aliphatic carbocycles. The highest BCUT2D eigenvalue weighted by Gasteiger charge is 2.14. The molecule has 0 saturated heterocycles. The average Bonchev–Trinajstić information content (AvgIpc) is 2.53. The molecule has 0 fully saturated rings. The number of ether oxygens (including phenoxy) is 1. The monoisotopic (exact) mass is 298 g/mol. The number of benzene rings is 2. The first-order valence-electron chi connectivity index (χ1n) is 7.01. The van der Waals surface area contributed by atoms with Gasteiger partial charge in [-0.2, -0.15) is 0 Å². The Morgan fingerprint density at radius 1 is 1.09 bits per heavy atom. The van der Waals surface area contributed by atoms with Crippen molar-refractivity contribution >= 4 is 17.5 Å². The average molecular weight is 298 g/mol. The van der Waals surface area contributed by atoms with Crippen LogP contribution >= 0.6 is 0 Å². The minimum Gasteiger partial charge on any atom is -0.483 e. The second kappa shape index (κ2) is 7.26. The Morgan fingerprint density at radius 3 is 2.50 bits per heavy atom. The Balaban J connectivity index is 2.20. The van der Waals surface area contributed by atoms with Gasteiger partial charge in [-0.1, -0.05) is 37.3 Å². The molecule has 0 aliphatic heterocycles. The molecular formula is C17H18N2O3. The lowest BCUT2D eigenvalue weighted by molar-refractivity contribution is -0.119. The van der Waals surface area contributed by atoms with Gasteiger partial charge in [-0.05, 0) is 30.2 Å². The lowest BCUT2D eigenvalue weighted by Crippen LogP contribution is -2.21. The number of carbonyl (C=O) groups excluding carboxylic acids is 2. The van der Waals surface area contributed by atoms with Crippen LogP contribution in [0.2, 0.25) is 0 Å². The molecule has 114 valence electrons. The minimum atomic E-state index is -0.591. The van der Waals surface area contributed by atoms with E-state index in [-0.39, 0.29) is 12.5 Å². The summed E-state index contributed by atoms with van der Waals surface area (Å²) in [5.41, 5.74) is 7.23. The summed E-state index contributed by atoms with van der Waals surface area (Å²) in [6, 6.07) is 14.3. The van der Waals surface area contributed by atoms with Crippen molar-refractivity contribution in [2.24, 2.45) is 5.73 Å². The van der Waals surface area contributed by atoms with Crippen LogP contribution in [0.4, 0.5) is 5.69 Å². The van der Waals surface area contributed by atoms with Gasteiger partial charge in [0.25, 0.3) is 11.8 Å². The van der Waals surface area contributed by atoms with Gasteiger partial charge in [0.1, 0.15) is 5.75 Å². The largest absolute Gasteiger partial charge is 0.483 e. The molecule has 0 saturated carbocycles. The maximum absolute atomic E-state index is 12.4. The number of hydrogen-bond donors (Lipinski definition) is 2. The molecule has 3 N–H and O–H groups in total. The molecule has 2 aromatic rings. The van der Waals surface area contributed by atoms with Crippen molar-refractivity contribution in [3.8, 4) is 5.75 Å². The highest BCUT2D eigenvalue weighted by molar-refractivity contribution is 6.06. The zero-order chi connectivity index (χ0) is 15.9. The summed E-state index contributed by atoms with van der Waals surface area (Å²) in [5.74, 6) is -0.555. The van der Waals surface area contributed by atoms with E-state index in [9.17, 15) is 9.59 Å². The van der Waals surface area contributed by atoms with Crippen molar-refractivity contribution in [1.29, 1.82) is 0 Å². The summed E-state index contributed by atoms with van der Waals surface area (Å²) in [6.07, 6.45) is 0.816. The van der Waals surface area contributed by atoms with Crippen molar-refractivity contribution in [1.82, 2.24) is 0 Å². The summed E-state index contributed by atoms with van der Waals surface area (Å²) in [5, 5.41) is 2.87. The standard InChI is InChI=1S/C17H18N2O3/c1-2-12-7-3-5-9-14(12)19-17(21)13-8-4-6-10-15(13)22-11-16(18)20/h3-10H,2,11H2,1H3,(H2,18,20)(H,19,21). The number of carbonyl (C=O) groups is 2. The van der Waals surface area contributed by atoms with Crippen LogP contribution in [-0.4, -0.2) is 18.4 Å². The molecule has 0 heterocycles. The summed E-state index contributed by atoms with van der Waals surface area (Å²) in [4.78, 5) is 23.3. The smallest absolute Gasteiger partial charge is 0.259 e. The Labute approximate surface area is 129 Å². The summed E-state index contributed by atoms with van der Waals surface area (Å²) in [7, 11) is 0. The highest BCUT2D eigenvalue weighted by Crippen LogP contribution is 2.21. The molecule has 0 atom stereocenters. The number of rotatable bonds is 6. The SMILES string of the molecule is CCc1ccccc1NC(=O)c1ccccc1OCC(N)=O. The molecule has 5 heteroatoms. The predicted molar refractivity (Wildman–Crippen MR) is 84.9 cm³/mol. The van der Waals surface area contributed by atoms with Gasteiger partial charge in [-0.3, -0.25) is 9.59 Å². The van der Waals surface area contributed by atoms with E-state index >= 15 is 0 Å². The van der Waals surface area contributed by atoms with Gasteiger partial charge < -0.3 is 15.8 Å². The third kappa shape index (κ3) is 3.85. The van der Waals surface area contributed by atoms with E-state index in [0.717, 1.165) is 17.7 Å². The van der Waals surface area contributed by atoms with Gasteiger partial charge in [0.15, 0.2) is 6.61 Å². The minimum absolute atomic E-state index is 0.268. The van der Waals surface area contributed by atoms with Crippen LogP contribution in [0.25, 0.3) is 0 Å². The Bertz CT molecular complexity index is 683. The first kappa shape index (κ1) is 15.6. The van der Waals surface area contributed by atoms with E-state index < -0.39 is 5.91 Å². The highest BCUT2D eigenvalue weighted by atomic mass is 16.5. The molecule has 0 radical (unpaired) electrons. The fraction of sp³-hybridized carbons (Fsp3) is 0.176. The first-order chi connectivity index (χ1) is 10.6. The molecule has 0 bridgehead atoms. The molecule has 0 aromatic heterocycles. The third-order valence-corrected chi connectivity index (χ3v) is 3.15.